The smallest absolute Gasteiger partial charge is 0.138 e. The van der Waals surface area contributed by atoms with Gasteiger partial charge in [0, 0.05) is 25.5 Å². The Morgan fingerprint density at radius 3 is 2.61 bits per heavy atom. The highest BCUT2D eigenvalue weighted by atomic mass is 15.2. The lowest BCUT2D eigenvalue weighted by Crippen LogP contribution is -2.34. The van der Waals surface area contributed by atoms with Crippen molar-refractivity contribution in [3.05, 3.63) is 59.7 Å². The number of piperidine rings is 1. The number of aromatic nitrogens is 3. The summed E-state index contributed by atoms with van der Waals surface area (Å²) in [5.41, 5.74) is 4.69. The van der Waals surface area contributed by atoms with Crippen LogP contribution in [0, 0.1) is 6.92 Å². The van der Waals surface area contributed by atoms with Crippen LogP contribution in [0.15, 0.2) is 42.7 Å². The van der Waals surface area contributed by atoms with E-state index in [0.29, 0.717) is 12.1 Å². The van der Waals surface area contributed by atoms with E-state index in [4.69, 9.17) is 9.97 Å². The number of nitrogens with zero attached hydrogens (tertiary/aromatic N) is 5. The van der Waals surface area contributed by atoms with Crippen molar-refractivity contribution in [1.82, 2.24) is 19.3 Å². The van der Waals surface area contributed by atoms with Crippen LogP contribution in [0.25, 0.3) is 5.65 Å². The molecule has 0 aliphatic carbocycles. The van der Waals surface area contributed by atoms with Gasteiger partial charge in [-0.2, -0.15) is 0 Å². The molecule has 5 heteroatoms. The first kappa shape index (κ1) is 18.9. The largest absolute Gasteiger partial charge is 0.358 e. The van der Waals surface area contributed by atoms with E-state index in [1.807, 2.05) is 12.3 Å². The molecule has 0 N–H and O–H groups in total. The number of imidazole rings is 1. The van der Waals surface area contributed by atoms with E-state index in [1.165, 1.54) is 29.2 Å². The number of rotatable bonds is 5. The maximum atomic E-state index is 5.02. The Kier molecular flexibility index (Phi) is 5.36. The number of pyridine rings is 2. The molecule has 0 amide bonds. The van der Waals surface area contributed by atoms with Crippen LogP contribution >= 0.6 is 0 Å². The van der Waals surface area contributed by atoms with Gasteiger partial charge in [0.1, 0.15) is 11.5 Å². The molecule has 1 saturated heterocycles. The van der Waals surface area contributed by atoms with Gasteiger partial charge in [-0.25, -0.2) is 4.98 Å². The van der Waals surface area contributed by atoms with E-state index < -0.39 is 0 Å². The zero-order chi connectivity index (χ0) is 19.7. The van der Waals surface area contributed by atoms with Gasteiger partial charge in [-0.3, -0.25) is 14.3 Å². The molecule has 2 unspecified atom stereocenters. The molecule has 1 fully saturated rings. The molecule has 0 bridgehead atoms. The lowest BCUT2D eigenvalue weighted by atomic mass is 9.91. The van der Waals surface area contributed by atoms with Crippen molar-refractivity contribution in [2.75, 3.05) is 25.0 Å². The van der Waals surface area contributed by atoms with Crippen molar-refractivity contribution in [2.24, 2.45) is 0 Å². The Hall–Kier alpha value is -2.40. The van der Waals surface area contributed by atoms with E-state index in [9.17, 15) is 0 Å². The zero-order valence-electron chi connectivity index (χ0n) is 17.5. The standard InChI is InChI=1S/C23H31N5/c1-5-27(6-2)22-14-8-13-21-25-18(16-28(21)22)19-11-7-12-20(26(19)4)23-17(3)10-9-15-24-23/h8-10,13-16,19-20H,5-7,11-12H2,1-4H3. The Balaban J connectivity index is 1.69. The maximum Gasteiger partial charge on any atom is 0.138 e. The molecule has 4 heterocycles. The Labute approximate surface area is 168 Å². The van der Waals surface area contributed by atoms with Crippen LogP contribution in [-0.4, -0.2) is 39.4 Å². The molecule has 0 spiro atoms. The van der Waals surface area contributed by atoms with Crippen LogP contribution in [0.2, 0.25) is 0 Å². The minimum Gasteiger partial charge on any atom is -0.358 e. The Bertz CT molecular complexity index is 943. The summed E-state index contributed by atoms with van der Waals surface area (Å²) < 4.78 is 2.26. The molecule has 5 nitrogen and oxygen atoms in total. The van der Waals surface area contributed by atoms with Gasteiger partial charge in [0.15, 0.2) is 0 Å². The first-order valence-electron chi connectivity index (χ1n) is 10.5. The third-order valence-corrected chi connectivity index (χ3v) is 6.22. The van der Waals surface area contributed by atoms with Crippen molar-refractivity contribution >= 4 is 11.5 Å². The van der Waals surface area contributed by atoms with Gasteiger partial charge in [0.2, 0.25) is 0 Å². The number of likely N-dealkylation sites (tertiary alicyclic amines) is 1. The summed E-state index contributed by atoms with van der Waals surface area (Å²) in [5, 5.41) is 0. The third-order valence-electron chi connectivity index (χ3n) is 6.22. The minimum absolute atomic E-state index is 0.324. The van der Waals surface area contributed by atoms with Crippen molar-refractivity contribution in [2.45, 2.75) is 52.1 Å². The molecule has 1 aliphatic rings. The molecule has 28 heavy (non-hydrogen) atoms. The highest BCUT2D eigenvalue weighted by molar-refractivity contribution is 5.52. The fraction of sp³-hybridized carbons (Fsp3) is 0.478. The number of anilines is 1. The highest BCUT2D eigenvalue weighted by Crippen LogP contribution is 2.40. The average Bonchev–Trinajstić information content (AvgIpc) is 3.14. The van der Waals surface area contributed by atoms with Crippen LogP contribution in [0.4, 0.5) is 5.82 Å². The first-order chi connectivity index (χ1) is 13.6. The van der Waals surface area contributed by atoms with E-state index in [2.05, 4.69) is 72.5 Å². The molecular formula is C23H31N5. The van der Waals surface area contributed by atoms with Gasteiger partial charge in [-0.15, -0.1) is 0 Å². The summed E-state index contributed by atoms with van der Waals surface area (Å²) in [4.78, 5) is 14.6. The predicted octanol–water partition coefficient (Wildman–Crippen LogP) is 4.78. The molecule has 3 aromatic rings. The molecule has 0 saturated carbocycles. The van der Waals surface area contributed by atoms with Gasteiger partial charge in [-0.05, 0) is 70.8 Å². The van der Waals surface area contributed by atoms with Gasteiger partial charge in [0.25, 0.3) is 0 Å². The average molecular weight is 378 g/mol. The molecule has 148 valence electrons. The van der Waals surface area contributed by atoms with E-state index >= 15 is 0 Å². The van der Waals surface area contributed by atoms with E-state index in [-0.39, 0.29) is 0 Å². The Morgan fingerprint density at radius 1 is 1.07 bits per heavy atom. The van der Waals surface area contributed by atoms with Gasteiger partial charge in [-0.1, -0.05) is 12.1 Å². The van der Waals surface area contributed by atoms with Crippen molar-refractivity contribution in [1.29, 1.82) is 0 Å². The molecule has 0 radical (unpaired) electrons. The number of aryl methyl sites for hydroxylation is 1. The SMILES string of the molecule is CCN(CC)c1cccc2nc(C3CCCC(c4ncccc4C)N3C)cn12. The molecule has 0 aromatic carbocycles. The minimum atomic E-state index is 0.324. The van der Waals surface area contributed by atoms with Crippen molar-refractivity contribution in [3.8, 4) is 0 Å². The lowest BCUT2D eigenvalue weighted by molar-refractivity contribution is 0.109. The summed E-state index contributed by atoms with van der Waals surface area (Å²) in [6, 6.07) is 11.3. The summed E-state index contributed by atoms with van der Waals surface area (Å²) >= 11 is 0. The van der Waals surface area contributed by atoms with Crippen molar-refractivity contribution < 1.29 is 0 Å². The number of hydrogen-bond donors (Lipinski definition) is 0. The normalized spacial score (nSPS) is 20.6. The van der Waals surface area contributed by atoms with Crippen molar-refractivity contribution in [3.63, 3.8) is 0 Å². The fourth-order valence-electron chi connectivity index (χ4n) is 4.64. The van der Waals surface area contributed by atoms with Gasteiger partial charge < -0.3 is 4.90 Å². The maximum absolute atomic E-state index is 5.02. The second kappa shape index (κ2) is 7.92. The number of fused-ring (bicyclic) bond motifs is 1. The van der Waals surface area contributed by atoms with Crippen LogP contribution in [0.5, 0.6) is 0 Å². The lowest BCUT2D eigenvalue weighted by Gasteiger charge is -2.39. The monoisotopic (exact) mass is 377 g/mol. The second-order valence-corrected chi connectivity index (χ2v) is 7.78. The summed E-state index contributed by atoms with van der Waals surface area (Å²) in [6.07, 6.45) is 7.66. The second-order valence-electron chi connectivity index (χ2n) is 7.78. The first-order valence-corrected chi connectivity index (χ1v) is 10.5. The van der Waals surface area contributed by atoms with Gasteiger partial charge in [0.05, 0.1) is 23.5 Å². The van der Waals surface area contributed by atoms with Crippen LogP contribution in [0.1, 0.15) is 62.1 Å². The van der Waals surface area contributed by atoms with Crippen LogP contribution in [0.3, 0.4) is 0 Å². The Morgan fingerprint density at radius 2 is 1.86 bits per heavy atom. The molecule has 2 atom stereocenters. The molecular weight excluding hydrogens is 346 g/mol. The summed E-state index contributed by atoms with van der Waals surface area (Å²) in [6.45, 7) is 8.56. The quantitative estimate of drug-likeness (QED) is 0.641. The summed E-state index contributed by atoms with van der Waals surface area (Å²) in [5.74, 6) is 1.22. The topological polar surface area (TPSA) is 36.7 Å². The molecule has 4 rings (SSSR count). The molecule has 3 aromatic heterocycles. The fourth-order valence-corrected chi connectivity index (χ4v) is 4.64. The van der Waals surface area contributed by atoms with Gasteiger partial charge >= 0.3 is 0 Å². The van der Waals surface area contributed by atoms with Crippen LogP contribution in [-0.2, 0) is 0 Å². The van der Waals surface area contributed by atoms with Crippen LogP contribution < -0.4 is 4.90 Å². The highest BCUT2D eigenvalue weighted by Gasteiger charge is 2.32. The summed E-state index contributed by atoms with van der Waals surface area (Å²) in [7, 11) is 2.23. The van der Waals surface area contributed by atoms with E-state index in [1.54, 1.807) is 0 Å². The zero-order valence-corrected chi connectivity index (χ0v) is 17.5. The van der Waals surface area contributed by atoms with E-state index in [0.717, 1.165) is 31.6 Å². The molecule has 1 aliphatic heterocycles. The number of hydrogen-bond acceptors (Lipinski definition) is 4. The third kappa shape index (κ3) is 3.28. The predicted molar refractivity (Wildman–Crippen MR) is 115 cm³/mol.